The van der Waals surface area contributed by atoms with Crippen LogP contribution >= 0.6 is 0 Å². The molecule has 0 aromatic heterocycles. The second-order valence-electron chi connectivity index (χ2n) is 7.95. The number of rotatable bonds is 11. The van der Waals surface area contributed by atoms with E-state index in [2.05, 4.69) is 10.6 Å². The zero-order valence-electron chi connectivity index (χ0n) is 17.7. The van der Waals surface area contributed by atoms with E-state index in [9.17, 15) is 19.2 Å². The number of nitrogens with two attached hydrogens (primary N) is 1. The summed E-state index contributed by atoms with van der Waals surface area (Å²) in [5.74, 6) is -0.840. The molecule has 31 heavy (non-hydrogen) atoms. The maximum atomic E-state index is 12.8. The summed E-state index contributed by atoms with van der Waals surface area (Å²) >= 11 is 0. The van der Waals surface area contributed by atoms with Crippen molar-refractivity contribution >= 4 is 29.5 Å². The largest absolute Gasteiger partial charge is 0.450 e. The molecule has 2 heterocycles. The van der Waals surface area contributed by atoms with Crippen molar-refractivity contribution in [1.29, 1.82) is 0 Å². The van der Waals surface area contributed by atoms with Crippen molar-refractivity contribution < 1.29 is 23.9 Å². The van der Waals surface area contributed by atoms with Gasteiger partial charge in [-0.2, -0.15) is 0 Å². The van der Waals surface area contributed by atoms with Crippen LogP contribution in [0.2, 0.25) is 0 Å². The fourth-order valence-corrected chi connectivity index (χ4v) is 4.08. The van der Waals surface area contributed by atoms with Gasteiger partial charge in [-0.15, -0.1) is 0 Å². The smallest absolute Gasteiger partial charge is 0.404 e. The number of ether oxygens (including phenoxy) is 1. The highest BCUT2D eigenvalue weighted by atomic mass is 16.5. The van der Waals surface area contributed by atoms with Crippen LogP contribution in [-0.2, 0) is 20.9 Å². The summed E-state index contributed by atoms with van der Waals surface area (Å²) in [7, 11) is 0. The normalized spacial score (nSPS) is 18.0. The van der Waals surface area contributed by atoms with Gasteiger partial charge in [0, 0.05) is 36.3 Å². The molecular weight excluding hydrogens is 400 g/mol. The lowest BCUT2D eigenvalue weighted by molar-refractivity contribution is -0.136. The molecule has 1 atom stereocenters. The van der Waals surface area contributed by atoms with Crippen molar-refractivity contribution in [3.05, 3.63) is 29.3 Å². The molecule has 0 saturated carbocycles. The number of fused-ring (bicyclic) bond motifs is 1. The second-order valence-corrected chi connectivity index (χ2v) is 7.95. The number of imide groups is 1. The minimum atomic E-state index is -0.722. The number of nitrogens with zero attached hydrogens (tertiary/aromatic N) is 1. The van der Waals surface area contributed by atoms with E-state index in [1.807, 2.05) is 12.1 Å². The van der Waals surface area contributed by atoms with Gasteiger partial charge < -0.3 is 20.7 Å². The molecule has 2 aliphatic rings. The molecule has 9 nitrogen and oxygen atoms in total. The van der Waals surface area contributed by atoms with E-state index in [4.69, 9.17) is 10.5 Å². The van der Waals surface area contributed by atoms with Crippen LogP contribution in [0.3, 0.4) is 0 Å². The van der Waals surface area contributed by atoms with E-state index in [0.717, 1.165) is 56.3 Å². The van der Waals surface area contributed by atoms with Crippen LogP contribution in [0.1, 0.15) is 67.3 Å². The Kier molecular flexibility index (Phi) is 7.86. The first kappa shape index (κ1) is 22.6. The van der Waals surface area contributed by atoms with Gasteiger partial charge in [-0.25, -0.2) is 4.79 Å². The number of primary amides is 1. The fraction of sp³-hybridized carbons (Fsp3) is 0.545. The minimum absolute atomic E-state index is 0.159. The molecule has 3 rings (SSSR count). The lowest BCUT2D eigenvalue weighted by Gasteiger charge is -2.29. The van der Waals surface area contributed by atoms with Crippen LogP contribution in [0, 0.1) is 0 Å². The number of nitrogens with one attached hydrogen (secondary N) is 2. The van der Waals surface area contributed by atoms with Crippen LogP contribution < -0.4 is 16.4 Å². The van der Waals surface area contributed by atoms with Crippen molar-refractivity contribution in [3.8, 4) is 0 Å². The molecule has 0 radical (unpaired) electrons. The molecule has 0 bridgehead atoms. The summed E-state index contributed by atoms with van der Waals surface area (Å²) in [6, 6.07) is 5.00. The second kappa shape index (κ2) is 10.8. The molecule has 1 aromatic carbocycles. The molecule has 0 spiro atoms. The number of piperidine rings is 1. The summed E-state index contributed by atoms with van der Waals surface area (Å²) in [5, 5.41) is 5.75. The SMILES string of the molecule is NC(=O)OCCCCCCCCNc1cccc2c1CN(C1CCC(=O)NC1=O)C2=O. The summed E-state index contributed by atoms with van der Waals surface area (Å²) < 4.78 is 4.70. The number of carbonyl (C=O) groups is 4. The molecule has 2 aliphatic heterocycles. The molecule has 1 unspecified atom stereocenters. The standard InChI is InChI=1S/C22H30N4O5/c23-22(30)31-13-6-4-2-1-3-5-12-24-17-9-7-8-15-16(17)14-26(21(15)29)18-10-11-19(27)25-20(18)28/h7-9,18,24H,1-6,10-14H2,(H2,23,30)(H,25,27,28). The van der Waals surface area contributed by atoms with E-state index in [1.165, 1.54) is 0 Å². The lowest BCUT2D eigenvalue weighted by atomic mass is 10.0. The fourth-order valence-electron chi connectivity index (χ4n) is 4.08. The number of amides is 4. The Bertz CT molecular complexity index is 841. The van der Waals surface area contributed by atoms with Gasteiger partial charge in [0.2, 0.25) is 11.8 Å². The quantitative estimate of drug-likeness (QED) is 0.365. The van der Waals surface area contributed by atoms with Gasteiger partial charge in [-0.3, -0.25) is 19.7 Å². The van der Waals surface area contributed by atoms with E-state index in [0.29, 0.717) is 25.1 Å². The first-order chi connectivity index (χ1) is 15.0. The number of unbranched alkanes of at least 4 members (excludes halogenated alkanes) is 5. The average molecular weight is 431 g/mol. The van der Waals surface area contributed by atoms with Crippen molar-refractivity contribution in [2.75, 3.05) is 18.5 Å². The highest BCUT2D eigenvalue weighted by Gasteiger charge is 2.39. The number of hydrogen-bond donors (Lipinski definition) is 3. The van der Waals surface area contributed by atoms with Gasteiger partial charge in [-0.1, -0.05) is 31.7 Å². The van der Waals surface area contributed by atoms with E-state index >= 15 is 0 Å². The predicted octanol–water partition coefficient (Wildman–Crippen LogP) is 2.30. The van der Waals surface area contributed by atoms with Gasteiger partial charge in [0.05, 0.1) is 6.61 Å². The van der Waals surface area contributed by atoms with Crippen molar-refractivity contribution in [2.24, 2.45) is 5.73 Å². The highest BCUT2D eigenvalue weighted by molar-refractivity contribution is 6.06. The van der Waals surface area contributed by atoms with Crippen LogP contribution in [0.5, 0.6) is 0 Å². The molecule has 0 aliphatic carbocycles. The Balaban J connectivity index is 1.42. The summed E-state index contributed by atoms with van der Waals surface area (Å²) in [4.78, 5) is 48.5. The van der Waals surface area contributed by atoms with Gasteiger partial charge >= 0.3 is 6.09 Å². The summed E-state index contributed by atoms with van der Waals surface area (Å²) in [5.41, 5.74) is 7.36. The Labute approximate surface area is 181 Å². The predicted molar refractivity (Wildman–Crippen MR) is 114 cm³/mol. The third-order valence-corrected chi connectivity index (χ3v) is 5.71. The third-order valence-electron chi connectivity index (χ3n) is 5.71. The topological polar surface area (TPSA) is 131 Å². The molecule has 1 fully saturated rings. The van der Waals surface area contributed by atoms with Crippen LogP contribution in [0.15, 0.2) is 18.2 Å². The summed E-state index contributed by atoms with van der Waals surface area (Å²) in [6.45, 7) is 1.55. The van der Waals surface area contributed by atoms with Crippen LogP contribution in [-0.4, -0.2) is 47.9 Å². The number of carbonyl (C=O) groups excluding carboxylic acids is 4. The van der Waals surface area contributed by atoms with Gasteiger partial charge in [0.15, 0.2) is 0 Å². The third kappa shape index (κ3) is 5.96. The van der Waals surface area contributed by atoms with E-state index < -0.39 is 18.0 Å². The van der Waals surface area contributed by atoms with E-state index in [1.54, 1.807) is 11.0 Å². The maximum absolute atomic E-state index is 12.8. The van der Waals surface area contributed by atoms with Gasteiger partial charge in [0.1, 0.15) is 6.04 Å². The van der Waals surface area contributed by atoms with Crippen LogP contribution in [0.25, 0.3) is 0 Å². The zero-order valence-corrected chi connectivity index (χ0v) is 17.7. The maximum Gasteiger partial charge on any atom is 0.404 e. The Morgan fingerprint density at radius 1 is 1.13 bits per heavy atom. The molecule has 4 N–H and O–H groups in total. The van der Waals surface area contributed by atoms with E-state index in [-0.39, 0.29) is 18.2 Å². The summed E-state index contributed by atoms with van der Waals surface area (Å²) in [6.07, 6.45) is 6.00. The Morgan fingerprint density at radius 3 is 2.61 bits per heavy atom. The number of hydrogen-bond acceptors (Lipinski definition) is 6. The monoisotopic (exact) mass is 430 g/mol. The number of anilines is 1. The average Bonchev–Trinajstić information content (AvgIpc) is 3.06. The first-order valence-electron chi connectivity index (χ1n) is 10.9. The molecular formula is C22H30N4O5. The highest BCUT2D eigenvalue weighted by Crippen LogP contribution is 2.32. The molecule has 9 heteroatoms. The van der Waals surface area contributed by atoms with Gasteiger partial charge in [0.25, 0.3) is 5.91 Å². The lowest BCUT2D eigenvalue weighted by Crippen LogP contribution is -2.52. The van der Waals surface area contributed by atoms with Crippen molar-refractivity contribution in [1.82, 2.24) is 10.2 Å². The molecule has 1 aromatic rings. The minimum Gasteiger partial charge on any atom is -0.450 e. The van der Waals surface area contributed by atoms with Crippen LogP contribution in [0.4, 0.5) is 10.5 Å². The molecule has 1 saturated heterocycles. The molecule has 4 amide bonds. The number of benzene rings is 1. The van der Waals surface area contributed by atoms with Crippen molar-refractivity contribution in [3.63, 3.8) is 0 Å². The van der Waals surface area contributed by atoms with Crippen molar-refractivity contribution in [2.45, 2.75) is 64.0 Å². The Morgan fingerprint density at radius 2 is 1.87 bits per heavy atom. The zero-order chi connectivity index (χ0) is 22.2. The Hall–Kier alpha value is -3.10. The first-order valence-corrected chi connectivity index (χ1v) is 10.9. The molecule has 168 valence electrons. The van der Waals surface area contributed by atoms with Gasteiger partial charge in [-0.05, 0) is 31.4 Å².